The van der Waals surface area contributed by atoms with Crippen LogP contribution in [0.4, 0.5) is 4.79 Å². The number of sulfonamides is 1. The van der Waals surface area contributed by atoms with Crippen LogP contribution in [0.15, 0.2) is 42.6 Å². The molecular weight excluding hydrogens is 666 g/mol. The Morgan fingerprint density at radius 2 is 1.92 bits per heavy atom. The smallest absolute Gasteiger partial charge is 0.405 e. The van der Waals surface area contributed by atoms with Crippen molar-refractivity contribution in [3.05, 3.63) is 42.6 Å². The molecule has 2 saturated carbocycles. The van der Waals surface area contributed by atoms with Crippen molar-refractivity contribution in [3.8, 4) is 11.6 Å². The molecule has 4 aliphatic rings. The highest BCUT2D eigenvalue weighted by Gasteiger charge is 2.62. The molecule has 0 unspecified atom stereocenters. The number of carbonyl (C=O) groups is 4. The van der Waals surface area contributed by atoms with Crippen LogP contribution < -0.4 is 24.8 Å². The highest BCUT2D eigenvalue weighted by molar-refractivity contribution is 7.91. The first-order valence-corrected chi connectivity index (χ1v) is 18.8. The number of benzene rings is 1. The van der Waals surface area contributed by atoms with Crippen molar-refractivity contribution in [2.75, 3.05) is 13.7 Å². The Balaban J connectivity index is 1.35. The van der Waals surface area contributed by atoms with E-state index in [1.807, 2.05) is 38.1 Å². The maximum atomic E-state index is 14.5. The van der Waals surface area contributed by atoms with Gasteiger partial charge in [-0.15, -0.1) is 0 Å². The summed E-state index contributed by atoms with van der Waals surface area (Å²) in [5, 5.41) is 15.9. The molecule has 4 N–H and O–H groups in total. The summed E-state index contributed by atoms with van der Waals surface area (Å²) in [7, 11) is -2.34. The lowest BCUT2D eigenvalue weighted by Gasteiger charge is -2.33. The summed E-state index contributed by atoms with van der Waals surface area (Å²) in [5.41, 5.74) is -1.52. The first kappa shape index (κ1) is 35.4. The minimum absolute atomic E-state index is 0.0190. The molecule has 1 saturated heterocycles. The topological polar surface area (TPSA) is 193 Å². The number of amides is 4. The Labute approximate surface area is 291 Å². The Morgan fingerprint density at radius 1 is 1.14 bits per heavy atom. The van der Waals surface area contributed by atoms with Crippen LogP contribution in [0.5, 0.6) is 11.6 Å². The summed E-state index contributed by atoms with van der Waals surface area (Å²) in [6, 6.07) is 4.94. The van der Waals surface area contributed by atoms with Gasteiger partial charge < -0.3 is 30.1 Å². The number of hydrogen-bond donors (Lipinski definition) is 4. The molecule has 2 aliphatic carbocycles. The highest BCUT2D eigenvalue weighted by atomic mass is 32.2. The van der Waals surface area contributed by atoms with Gasteiger partial charge in [-0.1, -0.05) is 38.5 Å². The number of nitrogens with one attached hydrogen (secondary N) is 3. The van der Waals surface area contributed by atoms with E-state index in [0.29, 0.717) is 43.2 Å². The number of rotatable bonds is 8. The molecule has 2 aliphatic heterocycles. The largest absolute Gasteiger partial charge is 0.496 e. The zero-order valence-electron chi connectivity index (χ0n) is 28.5. The van der Waals surface area contributed by atoms with E-state index in [9.17, 15) is 32.7 Å². The second kappa shape index (κ2) is 14.1. The monoisotopic (exact) mass is 711 g/mol. The van der Waals surface area contributed by atoms with E-state index in [-0.39, 0.29) is 37.1 Å². The van der Waals surface area contributed by atoms with Gasteiger partial charge in [0.1, 0.15) is 29.5 Å². The maximum Gasteiger partial charge on any atom is 0.405 e. The molecule has 3 heterocycles. The second-order valence-corrected chi connectivity index (χ2v) is 16.0. The van der Waals surface area contributed by atoms with Gasteiger partial charge in [0, 0.05) is 29.3 Å². The number of allylic oxidation sites excluding steroid dienone is 1. The zero-order valence-corrected chi connectivity index (χ0v) is 29.3. The molecule has 1 aromatic carbocycles. The Kier molecular flexibility index (Phi) is 9.98. The predicted octanol–water partition coefficient (Wildman–Crippen LogP) is 3.11. The number of pyridine rings is 1. The Morgan fingerprint density at radius 3 is 2.62 bits per heavy atom. The molecule has 0 radical (unpaired) electrons. The molecule has 6 rings (SSSR count). The summed E-state index contributed by atoms with van der Waals surface area (Å²) in [6.07, 6.45) is 6.93. The molecule has 2 aromatic rings. The highest BCUT2D eigenvalue weighted by Crippen LogP contribution is 2.46. The fourth-order valence-electron chi connectivity index (χ4n) is 7.43. The molecule has 1 aromatic heterocycles. The van der Waals surface area contributed by atoms with Crippen molar-refractivity contribution in [1.82, 2.24) is 25.2 Å². The molecule has 3 fully saturated rings. The molecular formula is C35H45N5O9S. The van der Waals surface area contributed by atoms with Crippen LogP contribution in [-0.2, 0) is 24.4 Å². The molecule has 7 atom stereocenters. The van der Waals surface area contributed by atoms with Crippen LogP contribution in [0.1, 0.15) is 65.2 Å². The molecule has 14 nitrogen and oxygen atoms in total. The van der Waals surface area contributed by atoms with Gasteiger partial charge in [0.15, 0.2) is 0 Å². The predicted molar refractivity (Wildman–Crippen MR) is 183 cm³/mol. The van der Waals surface area contributed by atoms with Gasteiger partial charge in [-0.05, 0) is 68.6 Å². The van der Waals surface area contributed by atoms with Gasteiger partial charge in [-0.2, -0.15) is 0 Å². The normalized spacial score (nSPS) is 30.3. The maximum absolute atomic E-state index is 14.5. The third kappa shape index (κ3) is 7.23. The molecule has 4 amide bonds. The van der Waals surface area contributed by atoms with E-state index in [1.165, 1.54) is 4.90 Å². The summed E-state index contributed by atoms with van der Waals surface area (Å²) in [5.74, 6) is -1.80. The van der Waals surface area contributed by atoms with Crippen LogP contribution in [-0.4, -0.2) is 89.9 Å². The van der Waals surface area contributed by atoms with E-state index < -0.39 is 68.7 Å². The van der Waals surface area contributed by atoms with Gasteiger partial charge in [0.05, 0.1) is 18.9 Å². The average molecular weight is 712 g/mol. The van der Waals surface area contributed by atoms with Crippen LogP contribution in [0.25, 0.3) is 10.8 Å². The lowest BCUT2D eigenvalue weighted by molar-refractivity contribution is -0.142. The van der Waals surface area contributed by atoms with Gasteiger partial charge in [0.2, 0.25) is 27.7 Å². The fraction of sp³-hybridized carbons (Fsp3) is 0.571. The molecule has 270 valence electrons. The fourth-order valence-corrected chi connectivity index (χ4v) is 8.79. The number of methoxy groups -OCH3 is 1. The number of carboxylic acid groups (broad SMARTS) is 1. The van der Waals surface area contributed by atoms with Gasteiger partial charge in [0.25, 0.3) is 5.91 Å². The number of aromatic nitrogens is 1. The van der Waals surface area contributed by atoms with E-state index in [4.69, 9.17) is 9.47 Å². The average Bonchev–Trinajstić information content (AvgIpc) is 4.01. The summed E-state index contributed by atoms with van der Waals surface area (Å²) < 4.78 is 39.6. The van der Waals surface area contributed by atoms with Crippen LogP contribution in [0.2, 0.25) is 0 Å². The number of nitrogens with zero attached hydrogens (tertiary/aromatic N) is 2. The number of hydrogen-bond acceptors (Lipinski definition) is 9. The minimum Gasteiger partial charge on any atom is -0.496 e. The van der Waals surface area contributed by atoms with Gasteiger partial charge >= 0.3 is 6.09 Å². The SMILES string of the molecule is CC[C@@H]1C[C@@H](C)CCC=C[C@@H]2C[C@@]2(C(=O)NS(=O)(=O)C2CC2)NC(=O)[C@@H]2C[C@@H](Oc3nccc4c(OC)cccc34)CN2C(=O)[C@H]1NC(=O)O. The number of ether oxygens (including phenoxy) is 2. The van der Waals surface area contributed by atoms with Crippen LogP contribution in [0.3, 0.4) is 0 Å². The molecule has 0 bridgehead atoms. The summed E-state index contributed by atoms with van der Waals surface area (Å²) >= 11 is 0. The van der Waals surface area contributed by atoms with E-state index >= 15 is 0 Å². The third-order valence-electron chi connectivity index (χ3n) is 10.5. The van der Waals surface area contributed by atoms with Crippen molar-refractivity contribution in [2.45, 2.75) is 94.2 Å². The third-order valence-corrected chi connectivity index (χ3v) is 12.3. The number of carbonyl (C=O) groups excluding carboxylic acids is 3. The zero-order chi connectivity index (χ0) is 35.8. The number of fused-ring (bicyclic) bond motifs is 3. The van der Waals surface area contributed by atoms with Gasteiger partial charge in [-0.3, -0.25) is 19.1 Å². The van der Waals surface area contributed by atoms with Crippen molar-refractivity contribution >= 4 is 44.6 Å². The summed E-state index contributed by atoms with van der Waals surface area (Å²) in [4.78, 5) is 60.2. The van der Waals surface area contributed by atoms with E-state index in [2.05, 4.69) is 20.3 Å². The van der Waals surface area contributed by atoms with Crippen LogP contribution in [0, 0.1) is 17.8 Å². The quantitative estimate of drug-likeness (QED) is 0.296. The van der Waals surface area contributed by atoms with Gasteiger partial charge in [-0.25, -0.2) is 18.2 Å². The minimum atomic E-state index is -3.90. The molecule has 0 spiro atoms. The first-order valence-electron chi connectivity index (χ1n) is 17.3. The lowest BCUT2D eigenvalue weighted by Crippen LogP contribution is -2.59. The lowest BCUT2D eigenvalue weighted by atomic mass is 9.85. The van der Waals surface area contributed by atoms with Crippen molar-refractivity contribution in [2.24, 2.45) is 17.8 Å². The van der Waals surface area contributed by atoms with Crippen molar-refractivity contribution < 1.29 is 42.2 Å². The van der Waals surface area contributed by atoms with Crippen molar-refractivity contribution in [3.63, 3.8) is 0 Å². The second-order valence-electron chi connectivity index (χ2n) is 14.0. The Hall–Kier alpha value is -4.40. The molecule has 50 heavy (non-hydrogen) atoms. The first-order chi connectivity index (χ1) is 23.9. The van der Waals surface area contributed by atoms with E-state index in [0.717, 1.165) is 11.8 Å². The standard InChI is InChI=1S/C35H45N5O9S/c1-4-21-16-20(2)8-5-6-9-22-18-35(22,33(43)39-50(46,47)24-12-13-24)38-30(41)27-17-23(19-40(27)32(42)29(21)37-34(44)45)49-31-26-10-7-11-28(48-3)25(26)14-15-36-31/h6-7,9-11,14-15,20-24,27,29,37H,4-5,8,12-13,16-19H2,1-3H3,(H,38,41)(H,39,43)(H,44,45)/t20-,21+,22+,23+,27-,29-,35+/m0/s1. The van der Waals surface area contributed by atoms with Crippen molar-refractivity contribution in [1.29, 1.82) is 0 Å². The summed E-state index contributed by atoms with van der Waals surface area (Å²) in [6.45, 7) is 3.90. The van der Waals surface area contributed by atoms with Crippen LogP contribution >= 0.6 is 0 Å². The molecule has 15 heteroatoms. The van der Waals surface area contributed by atoms with E-state index in [1.54, 1.807) is 25.4 Å². The Bertz CT molecular complexity index is 1800.